The zero-order valence-electron chi connectivity index (χ0n) is 9.29. The first-order valence-corrected chi connectivity index (χ1v) is 5.22. The first kappa shape index (κ1) is 12.8. The summed E-state index contributed by atoms with van der Waals surface area (Å²) >= 11 is 0. The Morgan fingerprint density at radius 3 is 2.69 bits per heavy atom. The van der Waals surface area contributed by atoms with Crippen LogP contribution in [0.3, 0.4) is 0 Å². The van der Waals surface area contributed by atoms with Gasteiger partial charge in [-0.25, -0.2) is 4.79 Å². The van der Waals surface area contributed by atoms with Crippen LogP contribution in [0.1, 0.15) is 34.3 Å². The smallest absolute Gasteiger partial charge is 0.340 e. The molecule has 0 aliphatic heterocycles. The number of carbonyl (C=O) groups excluding carboxylic acids is 1. The summed E-state index contributed by atoms with van der Waals surface area (Å²) in [4.78, 5) is 11.6. The maximum absolute atomic E-state index is 11.6. The molecule has 0 amide bonds. The summed E-state index contributed by atoms with van der Waals surface area (Å²) in [7, 11) is 1.39. The third-order valence-corrected chi connectivity index (χ3v) is 2.95. The van der Waals surface area contributed by atoms with Gasteiger partial charge in [0, 0.05) is 5.69 Å². The van der Waals surface area contributed by atoms with Crippen LogP contribution in [0.15, 0.2) is 12.1 Å². The molecule has 0 bridgehead atoms. The normalized spacial score (nSPS) is 13.6. The van der Waals surface area contributed by atoms with Gasteiger partial charge >= 0.3 is 5.97 Å². The van der Waals surface area contributed by atoms with E-state index >= 15 is 0 Å². The molecule has 0 radical (unpaired) electrons. The molecule has 0 saturated carbocycles. The van der Waals surface area contributed by atoms with E-state index in [1.807, 2.05) is 6.07 Å². The molecular weight excluding hydrogens is 226 g/mol. The monoisotopic (exact) mass is 241 g/mol. The minimum Gasteiger partial charge on any atom is -0.465 e. The number of nitrogens with two attached hydrogens (primary N) is 1. The molecule has 4 heteroatoms. The lowest BCUT2D eigenvalue weighted by molar-refractivity contribution is 0.0600. The van der Waals surface area contributed by atoms with Gasteiger partial charge in [-0.1, -0.05) is 6.07 Å². The number of benzene rings is 1. The molecule has 3 nitrogen and oxygen atoms in total. The van der Waals surface area contributed by atoms with Gasteiger partial charge in [0.2, 0.25) is 0 Å². The zero-order valence-corrected chi connectivity index (χ0v) is 10.1. The number of ether oxygens (including phenoxy) is 1. The van der Waals surface area contributed by atoms with Gasteiger partial charge in [-0.2, -0.15) is 0 Å². The molecule has 2 N–H and O–H groups in total. The quantitative estimate of drug-likeness (QED) is 0.607. The van der Waals surface area contributed by atoms with E-state index in [9.17, 15) is 4.79 Å². The fraction of sp³-hybridized carbons (Fsp3) is 0.417. The first-order chi connectivity index (χ1) is 7.24. The predicted molar refractivity (Wildman–Crippen MR) is 66.1 cm³/mol. The topological polar surface area (TPSA) is 52.3 Å². The van der Waals surface area contributed by atoms with Crippen molar-refractivity contribution in [2.45, 2.75) is 25.7 Å². The Labute approximate surface area is 101 Å². The van der Waals surface area contributed by atoms with E-state index < -0.39 is 0 Å². The van der Waals surface area contributed by atoms with Crippen molar-refractivity contribution in [3.8, 4) is 0 Å². The van der Waals surface area contributed by atoms with Crippen molar-refractivity contribution < 1.29 is 9.53 Å². The molecule has 0 unspecified atom stereocenters. The van der Waals surface area contributed by atoms with Crippen LogP contribution in [0, 0.1) is 0 Å². The van der Waals surface area contributed by atoms with Gasteiger partial charge in [0.1, 0.15) is 0 Å². The lowest BCUT2D eigenvalue weighted by Gasteiger charge is -2.19. The third-order valence-electron chi connectivity index (χ3n) is 2.95. The Bertz CT molecular complexity index is 404. The summed E-state index contributed by atoms with van der Waals surface area (Å²) in [5.41, 5.74) is 9.27. The predicted octanol–water partition coefficient (Wildman–Crippen LogP) is 2.36. The largest absolute Gasteiger partial charge is 0.465 e. The number of carbonyl (C=O) groups is 1. The molecule has 0 aromatic heterocycles. The fourth-order valence-corrected chi connectivity index (χ4v) is 2.19. The number of methoxy groups -OCH3 is 1. The van der Waals surface area contributed by atoms with Crippen LogP contribution in [0.2, 0.25) is 0 Å². The molecule has 0 saturated heterocycles. The second-order valence-corrected chi connectivity index (χ2v) is 3.87. The van der Waals surface area contributed by atoms with E-state index in [4.69, 9.17) is 10.5 Å². The molecular formula is C12H16ClNO2. The molecule has 0 heterocycles. The number of hydrogen-bond acceptors (Lipinski definition) is 3. The molecule has 1 aliphatic carbocycles. The average Bonchev–Trinajstić information content (AvgIpc) is 2.28. The summed E-state index contributed by atoms with van der Waals surface area (Å²) in [5.74, 6) is -0.314. The van der Waals surface area contributed by atoms with Gasteiger partial charge < -0.3 is 10.5 Å². The number of hydrogen-bond donors (Lipinski definition) is 1. The minimum atomic E-state index is -0.314. The highest BCUT2D eigenvalue weighted by Crippen LogP contribution is 2.28. The van der Waals surface area contributed by atoms with E-state index in [1.54, 1.807) is 6.07 Å². The van der Waals surface area contributed by atoms with Crippen LogP contribution in [0.5, 0.6) is 0 Å². The fourth-order valence-electron chi connectivity index (χ4n) is 2.19. The Balaban J connectivity index is 0.00000128. The number of nitrogen functional groups attached to an aromatic ring is 1. The second-order valence-electron chi connectivity index (χ2n) is 3.87. The lowest BCUT2D eigenvalue weighted by atomic mass is 9.87. The Kier molecular flexibility index (Phi) is 4.19. The number of anilines is 1. The summed E-state index contributed by atoms with van der Waals surface area (Å²) < 4.78 is 4.76. The number of fused-ring (bicyclic) bond motifs is 1. The van der Waals surface area contributed by atoms with Crippen molar-refractivity contribution in [2.75, 3.05) is 12.8 Å². The van der Waals surface area contributed by atoms with E-state index in [1.165, 1.54) is 19.1 Å². The summed E-state index contributed by atoms with van der Waals surface area (Å²) in [5, 5.41) is 0. The van der Waals surface area contributed by atoms with Crippen molar-refractivity contribution >= 4 is 24.1 Å². The molecule has 0 atom stereocenters. The minimum absolute atomic E-state index is 0. The van der Waals surface area contributed by atoms with Crippen molar-refractivity contribution in [3.63, 3.8) is 0 Å². The van der Waals surface area contributed by atoms with Crippen molar-refractivity contribution in [1.82, 2.24) is 0 Å². The molecule has 1 aromatic rings. The lowest BCUT2D eigenvalue weighted by Crippen LogP contribution is -2.14. The molecule has 0 fully saturated rings. The van der Waals surface area contributed by atoms with Gasteiger partial charge in [-0.15, -0.1) is 12.4 Å². The van der Waals surface area contributed by atoms with Gasteiger partial charge in [-0.05, 0) is 42.9 Å². The van der Waals surface area contributed by atoms with Crippen LogP contribution in [-0.4, -0.2) is 13.1 Å². The van der Waals surface area contributed by atoms with Crippen molar-refractivity contribution in [1.29, 1.82) is 0 Å². The van der Waals surface area contributed by atoms with Crippen molar-refractivity contribution in [2.24, 2.45) is 0 Å². The SMILES string of the molecule is COC(=O)c1c(N)ccc2c1CCCC2.Cl. The van der Waals surface area contributed by atoms with Crippen LogP contribution in [-0.2, 0) is 17.6 Å². The second kappa shape index (κ2) is 5.21. The summed E-state index contributed by atoms with van der Waals surface area (Å²) in [6.07, 6.45) is 4.29. The zero-order chi connectivity index (χ0) is 10.8. The average molecular weight is 242 g/mol. The van der Waals surface area contributed by atoms with Crippen LogP contribution in [0.25, 0.3) is 0 Å². The molecule has 88 valence electrons. The summed E-state index contributed by atoms with van der Waals surface area (Å²) in [6.45, 7) is 0. The highest BCUT2D eigenvalue weighted by atomic mass is 35.5. The first-order valence-electron chi connectivity index (χ1n) is 5.22. The van der Waals surface area contributed by atoms with Gasteiger partial charge in [-0.3, -0.25) is 0 Å². The molecule has 2 rings (SSSR count). The molecule has 1 aliphatic rings. The number of aryl methyl sites for hydroxylation is 1. The van der Waals surface area contributed by atoms with Crippen LogP contribution < -0.4 is 5.73 Å². The molecule has 1 aromatic carbocycles. The maximum atomic E-state index is 11.6. The van der Waals surface area contributed by atoms with E-state index in [2.05, 4.69) is 0 Å². The number of esters is 1. The van der Waals surface area contributed by atoms with Gasteiger partial charge in [0.15, 0.2) is 0 Å². The Morgan fingerprint density at radius 1 is 1.31 bits per heavy atom. The summed E-state index contributed by atoms with van der Waals surface area (Å²) in [6, 6.07) is 3.83. The van der Waals surface area contributed by atoms with Crippen LogP contribution >= 0.6 is 12.4 Å². The third kappa shape index (κ3) is 2.14. The van der Waals surface area contributed by atoms with Gasteiger partial charge in [0.05, 0.1) is 12.7 Å². The van der Waals surface area contributed by atoms with Gasteiger partial charge in [0.25, 0.3) is 0 Å². The maximum Gasteiger partial charge on any atom is 0.340 e. The number of rotatable bonds is 1. The van der Waals surface area contributed by atoms with E-state index in [-0.39, 0.29) is 18.4 Å². The van der Waals surface area contributed by atoms with E-state index in [0.29, 0.717) is 11.3 Å². The van der Waals surface area contributed by atoms with Crippen molar-refractivity contribution in [3.05, 3.63) is 28.8 Å². The highest BCUT2D eigenvalue weighted by molar-refractivity contribution is 5.97. The van der Waals surface area contributed by atoms with E-state index in [0.717, 1.165) is 24.8 Å². The highest BCUT2D eigenvalue weighted by Gasteiger charge is 2.20. The molecule has 16 heavy (non-hydrogen) atoms. The van der Waals surface area contributed by atoms with Crippen LogP contribution in [0.4, 0.5) is 5.69 Å². The Hall–Kier alpha value is -1.22. The molecule has 0 spiro atoms. The Morgan fingerprint density at radius 2 is 2.00 bits per heavy atom. The standard InChI is InChI=1S/C12H15NO2.ClH/c1-15-12(14)11-9-5-3-2-4-8(9)6-7-10(11)13;/h6-7H,2-5,13H2,1H3;1H. The number of halogens is 1.